The fraction of sp³-hybridized carbons (Fsp3) is 0.857. The van der Waals surface area contributed by atoms with Crippen LogP contribution in [-0.2, 0) is 9.59 Å². The molecule has 0 atom stereocenters. The van der Waals surface area contributed by atoms with Gasteiger partial charge >= 0.3 is 11.8 Å². The van der Waals surface area contributed by atoms with Crippen molar-refractivity contribution in [3.8, 4) is 0 Å². The Morgan fingerprint density at radius 2 is 1.89 bits per heavy atom. The summed E-state index contributed by atoms with van der Waals surface area (Å²) >= 11 is 0. The number of piperidine rings is 1. The van der Waals surface area contributed by atoms with Crippen molar-refractivity contribution in [1.82, 2.24) is 15.1 Å². The molecule has 1 saturated heterocycles. The number of likely N-dealkylation sites (N-methyl/N-ethyl adjacent to an activating group) is 1. The second-order valence-corrected chi connectivity index (χ2v) is 5.89. The molecule has 0 spiro atoms. The first-order valence-corrected chi connectivity index (χ1v) is 7.15. The van der Waals surface area contributed by atoms with E-state index in [1.165, 1.54) is 0 Å². The number of nitrogens with one attached hydrogen (secondary N) is 1. The number of likely N-dealkylation sites (tertiary alicyclic amines) is 1. The lowest BCUT2D eigenvalue weighted by Gasteiger charge is -2.34. The number of hydrogen-bond donors (Lipinski definition) is 1. The topological polar surface area (TPSA) is 52.7 Å². The number of amides is 2. The van der Waals surface area contributed by atoms with Crippen LogP contribution in [0.15, 0.2) is 0 Å². The summed E-state index contributed by atoms with van der Waals surface area (Å²) in [4.78, 5) is 27.6. The molecule has 0 aromatic carbocycles. The maximum atomic E-state index is 12.0. The lowest BCUT2D eigenvalue weighted by molar-refractivity contribution is -0.146. The van der Waals surface area contributed by atoms with E-state index in [4.69, 9.17) is 0 Å². The van der Waals surface area contributed by atoms with E-state index in [0.29, 0.717) is 12.5 Å². The molecule has 1 aliphatic rings. The van der Waals surface area contributed by atoms with E-state index in [2.05, 4.69) is 31.1 Å². The molecule has 0 aliphatic carbocycles. The Bertz CT molecular complexity index is 310. The molecule has 1 N–H and O–H groups in total. The van der Waals surface area contributed by atoms with Gasteiger partial charge in [-0.05, 0) is 45.3 Å². The molecular weight excluding hydrogens is 242 g/mol. The standard InChI is InChI=1S/C14H27N3O2/c1-11(2)5-8-15-13(18)14(19)17(4)12-6-9-16(3)10-7-12/h11-12H,5-10H2,1-4H3,(H,15,18). The molecular formula is C14H27N3O2. The number of carbonyl (C=O) groups excluding carboxylic acids is 2. The third kappa shape index (κ3) is 5.19. The second-order valence-electron chi connectivity index (χ2n) is 5.89. The van der Waals surface area contributed by atoms with Gasteiger partial charge in [-0.1, -0.05) is 13.8 Å². The lowest BCUT2D eigenvalue weighted by atomic mass is 10.0. The average Bonchev–Trinajstić information content (AvgIpc) is 2.37. The van der Waals surface area contributed by atoms with Crippen molar-refractivity contribution >= 4 is 11.8 Å². The summed E-state index contributed by atoms with van der Waals surface area (Å²) in [5, 5.41) is 2.70. The predicted molar refractivity (Wildman–Crippen MR) is 75.8 cm³/mol. The van der Waals surface area contributed by atoms with E-state index >= 15 is 0 Å². The van der Waals surface area contributed by atoms with Crippen molar-refractivity contribution in [3.05, 3.63) is 0 Å². The molecule has 0 unspecified atom stereocenters. The fourth-order valence-corrected chi connectivity index (χ4v) is 2.26. The molecule has 0 aromatic rings. The van der Waals surface area contributed by atoms with Gasteiger partial charge in [-0.3, -0.25) is 9.59 Å². The van der Waals surface area contributed by atoms with Crippen LogP contribution in [0, 0.1) is 5.92 Å². The Hall–Kier alpha value is -1.10. The first-order chi connectivity index (χ1) is 8.91. The van der Waals surface area contributed by atoms with Crippen LogP contribution >= 0.6 is 0 Å². The highest BCUT2D eigenvalue weighted by Crippen LogP contribution is 2.14. The Morgan fingerprint density at radius 1 is 1.32 bits per heavy atom. The normalized spacial score (nSPS) is 17.5. The van der Waals surface area contributed by atoms with Gasteiger partial charge in [0.05, 0.1) is 0 Å². The van der Waals surface area contributed by atoms with Crippen molar-refractivity contribution in [3.63, 3.8) is 0 Å². The van der Waals surface area contributed by atoms with E-state index in [1.54, 1.807) is 11.9 Å². The maximum absolute atomic E-state index is 12.0. The first-order valence-electron chi connectivity index (χ1n) is 7.15. The molecule has 1 rings (SSSR count). The number of hydrogen-bond acceptors (Lipinski definition) is 3. The van der Waals surface area contributed by atoms with Crippen LogP contribution in [0.3, 0.4) is 0 Å². The minimum absolute atomic E-state index is 0.194. The van der Waals surface area contributed by atoms with Crippen molar-refractivity contribution in [2.75, 3.05) is 33.7 Å². The molecule has 19 heavy (non-hydrogen) atoms. The Morgan fingerprint density at radius 3 is 2.42 bits per heavy atom. The third-order valence-corrected chi connectivity index (χ3v) is 3.76. The van der Waals surface area contributed by atoms with Crippen LogP contribution in [0.5, 0.6) is 0 Å². The highest BCUT2D eigenvalue weighted by molar-refractivity contribution is 6.35. The molecule has 0 saturated carbocycles. The van der Waals surface area contributed by atoms with Gasteiger partial charge < -0.3 is 15.1 Å². The van der Waals surface area contributed by atoms with E-state index in [0.717, 1.165) is 32.4 Å². The summed E-state index contributed by atoms with van der Waals surface area (Å²) in [5.41, 5.74) is 0. The molecule has 5 heteroatoms. The van der Waals surface area contributed by atoms with Gasteiger partial charge in [0.1, 0.15) is 0 Å². The van der Waals surface area contributed by atoms with Crippen LogP contribution in [0.1, 0.15) is 33.1 Å². The maximum Gasteiger partial charge on any atom is 0.311 e. The number of carbonyl (C=O) groups is 2. The second kappa shape index (κ2) is 7.48. The quantitative estimate of drug-likeness (QED) is 0.765. The highest BCUT2D eigenvalue weighted by atomic mass is 16.2. The zero-order valence-corrected chi connectivity index (χ0v) is 12.6. The van der Waals surface area contributed by atoms with Crippen LogP contribution in [0.4, 0.5) is 0 Å². The summed E-state index contributed by atoms with van der Waals surface area (Å²) in [7, 11) is 3.82. The predicted octanol–water partition coefficient (Wildman–Crippen LogP) is 0.701. The molecule has 0 radical (unpaired) electrons. The summed E-state index contributed by atoms with van der Waals surface area (Å²) in [6.45, 7) is 6.73. The average molecular weight is 269 g/mol. The van der Waals surface area contributed by atoms with Gasteiger partial charge in [-0.15, -0.1) is 0 Å². The van der Waals surface area contributed by atoms with E-state index in [-0.39, 0.29) is 6.04 Å². The molecule has 5 nitrogen and oxygen atoms in total. The lowest BCUT2D eigenvalue weighted by Crippen LogP contribution is -2.49. The molecule has 110 valence electrons. The monoisotopic (exact) mass is 269 g/mol. The minimum Gasteiger partial charge on any atom is -0.348 e. The molecule has 1 fully saturated rings. The largest absolute Gasteiger partial charge is 0.348 e. The van der Waals surface area contributed by atoms with Gasteiger partial charge in [-0.2, -0.15) is 0 Å². The summed E-state index contributed by atoms with van der Waals surface area (Å²) < 4.78 is 0. The van der Waals surface area contributed by atoms with Gasteiger partial charge in [0.25, 0.3) is 0 Å². The van der Waals surface area contributed by atoms with Crippen molar-refractivity contribution in [2.45, 2.75) is 39.2 Å². The van der Waals surface area contributed by atoms with Gasteiger partial charge in [0.15, 0.2) is 0 Å². The van der Waals surface area contributed by atoms with Gasteiger partial charge in [-0.25, -0.2) is 0 Å². The van der Waals surface area contributed by atoms with E-state index in [9.17, 15) is 9.59 Å². The van der Waals surface area contributed by atoms with Crippen LogP contribution in [0.25, 0.3) is 0 Å². The Kier molecular flexibility index (Phi) is 6.28. The number of nitrogens with zero attached hydrogens (tertiary/aromatic N) is 2. The Balaban J connectivity index is 2.36. The van der Waals surface area contributed by atoms with Crippen LogP contribution < -0.4 is 5.32 Å². The van der Waals surface area contributed by atoms with Gasteiger partial charge in [0, 0.05) is 19.6 Å². The smallest absolute Gasteiger partial charge is 0.311 e. The van der Waals surface area contributed by atoms with Crippen LogP contribution in [0.2, 0.25) is 0 Å². The molecule has 0 aromatic heterocycles. The molecule has 2 amide bonds. The summed E-state index contributed by atoms with van der Waals surface area (Å²) in [5.74, 6) is -0.345. The summed E-state index contributed by atoms with van der Waals surface area (Å²) in [6, 6.07) is 0.194. The molecule has 1 aliphatic heterocycles. The number of rotatable bonds is 4. The Labute approximate surface area is 116 Å². The zero-order valence-electron chi connectivity index (χ0n) is 12.6. The van der Waals surface area contributed by atoms with Crippen molar-refractivity contribution < 1.29 is 9.59 Å². The fourth-order valence-electron chi connectivity index (χ4n) is 2.26. The molecule has 1 heterocycles. The SMILES string of the molecule is CC(C)CCNC(=O)C(=O)N(C)C1CCN(C)CC1. The van der Waals surface area contributed by atoms with E-state index in [1.807, 2.05) is 0 Å². The zero-order chi connectivity index (χ0) is 14.4. The van der Waals surface area contributed by atoms with Crippen molar-refractivity contribution in [1.29, 1.82) is 0 Å². The van der Waals surface area contributed by atoms with Crippen LogP contribution in [-0.4, -0.2) is 61.4 Å². The van der Waals surface area contributed by atoms with Gasteiger partial charge in [0.2, 0.25) is 0 Å². The highest BCUT2D eigenvalue weighted by Gasteiger charge is 2.27. The van der Waals surface area contributed by atoms with Crippen molar-refractivity contribution in [2.24, 2.45) is 5.92 Å². The minimum atomic E-state index is -0.470. The third-order valence-electron chi connectivity index (χ3n) is 3.76. The first kappa shape index (κ1) is 16.0. The summed E-state index contributed by atoms with van der Waals surface area (Å²) in [6.07, 6.45) is 2.78. The molecule has 0 bridgehead atoms. The van der Waals surface area contributed by atoms with E-state index < -0.39 is 11.8 Å².